The third-order valence-corrected chi connectivity index (χ3v) is 5.03. The van der Waals surface area contributed by atoms with Gasteiger partial charge in [0.15, 0.2) is 5.96 Å². The Balaban J connectivity index is 1.91. The molecule has 2 N–H and O–H groups in total. The van der Waals surface area contributed by atoms with E-state index < -0.39 is 0 Å². The first-order valence-corrected chi connectivity index (χ1v) is 10.0. The molecule has 2 atom stereocenters. The average molecular weight is 375 g/mol. The van der Waals surface area contributed by atoms with Crippen LogP contribution in [0.15, 0.2) is 29.3 Å². The van der Waals surface area contributed by atoms with Crippen molar-refractivity contribution >= 4 is 11.9 Å². The Morgan fingerprint density at radius 3 is 2.70 bits per heavy atom. The summed E-state index contributed by atoms with van der Waals surface area (Å²) in [6, 6.07) is 8.56. The standard InChI is InChI=1S/C21H34N4O2/c1-5-16(3)24-20(26)11-13-23-21(22-6-2)25-14-12-18(15-25)17-7-9-19(27-4)10-8-17/h7-10,16,18H,5-6,11-15H2,1-4H3,(H,22,23)(H,24,26). The van der Waals surface area contributed by atoms with Crippen molar-refractivity contribution in [1.82, 2.24) is 15.5 Å². The first kappa shape index (κ1) is 21.1. The van der Waals surface area contributed by atoms with Gasteiger partial charge in [-0.25, -0.2) is 0 Å². The average Bonchev–Trinajstić information content (AvgIpc) is 3.17. The number of guanidine groups is 1. The molecular weight excluding hydrogens is 340 g/mol. The van der Waals surface area contributed by atoms with Crippen LogP contribution in [0.5, 0.6) is 5.75 Å². The molecule has 1 aromatic carbocycles. The van der Waals surface area contributed by atoms with Crippen molar-refractivity contribution in [3.8, 4) is 5.75 Å². The van der Waals surface area contributed by atoms with Crippen molar-refractivity contribution in [3.05, 3.63) is 29.8 Å². The number of carbonyl (C=O) groups excluding carboxylic acids is 1. The summed E-state index contributed by atoms with van der Waals surface area (Å²) in [5.74, 6) is 2.36. The van der Waals surface area contributed by atoms with E-state index in [1.165, 1.54) is 5.56 Å². The van der Waals surface area contributed by atoms with E-state index in [-0.39, 0.29) is 11.9 Å². The number of methoxy groups -OCH3 is 1. The van der Waals surface area contributed by atoms with Crippen molar-refractivity contribution in [2.75, 3.05) is 33.3 Å². The van der Waals surface area contributed by atoms with Crippen LogP contribution in [-0.4, -0.2) is 56.1 Å². The summed E-state index contributed by atoms with van der Waals surface area (Å²) in [6.07, 6.45) is 2.47. The minimum Gasteiger partial charge on any atom is -0.497 e. The van der Waals surface area contributed by atoms with Gasteiger partial charge in [0.1, 0.15) is 5.75 Å². The molecule has 6 heteroatoms. The molecule has 6 nitrogen and oxygen atoms in total. The van der Waals surface area contributed by atoms with Gasteiger partial charge in [-0.15, -0.1) is 0 Å². The third kappa shape index (κ3) is 6.45. The van der Waals surface area contributed by atoms with Gasteiger partial charge in [-0.3, -0.25) is 9.79 Å². The Labute approximate surface area is 163 Å². The van der Waals surface area contributed by atoms with Crippen LogP contribution in [0.2, 0.25) is 0 Å². The highest BCUT2D eigenvalue weighted by molar-refractivity contribution is 5.81. The summed E-state index contributed by atoms with van der Waals surface area (Å²) in [4.78, 5) is 18.9. The Morgan fingerprint density at radius 1 is 1.33 bits per heavy atom. The van der Waals surface area contributed by atoms with Gasteiger partial charge < -0.3 is 20.3 Å². The van der Waals surface area contributed by atoms with Crippen LogP contribution in [0, 0.1) is 0 Å². The van der Waals surface area contributed by atoms with Gasteiger partial charge in [-0.05, 0) is 44.4 Å². The lowest BCUT2D eigenvalue weighted by atomic mass is 9.98. The molecule has 0 aliphatic carbocycles. The zero-order chi connectivity index (χ0) is 19.6. The zero-order valence-electron chi connectivity index (χ0n) is 17.1. The molecular formula is C21H34N4O2. The lowest BCUT2D eigenvalue weighted by Crippen LogP contribution is -2.40. The number of rotatable bonds is 8. The predicted octanol–water partition coefficient (Wildman–Crippen LogP) is 2.75. The molecule has 27 heavy (non-hydrogen) atoms. The second-order valence-electron chi connectivity index (χ2n) is 7.07. The fraction of sp³-hybridized carbons (Fsp3) is 0.619. The highest BCUT2D eigenvalue weighted by Gasteiger charge is 2.26. The van der Waals surface area contributed by atoms with Crippen molar-refractivity contribution in [2.45, 2.75) is 52.0 Å². The van der Waals surface area contributed by atoms with Gasteiger partial charge in [0.25, 0.3) is 0 Å². The maximum Gasteiger partial charge on any atom is 0.222 e. The molecule has 0 bridgehead atoms. The van der Waals surface area contributed by atoms with Crippen molar-refractivity contribution in [2.24, 2.45) is 4.99 Å². The van der Waals surface area contributed by atoms with E-state index in [0.29, 0.717) is 18.9 Å². The molecule has 1 aromatic rings. The van der Waals surface area contributed by atoms with E-state index in [2.05, 4.69) is 46.5 Å². The minimum atomic E-state index is 0.0708. The molecule has 2 rings (SSSR count). The summed E-state index contributed by atoms with van der Waals surface area (Å²) >= 11 is 0. The van der Waals surface area contributed by atoms with E-state index in [9.17, 15) is 4.79 Å². The smallest absolute Gasteiger partial charge is 0.222 e. The van der Waals surface area contributed by atoms with Gasteiger partial charge >= 0.3 is 0 Å². The van der Waals surface area contributed by atoms with E-state index in [4.69, 9.17) is 4.74 Å². The maximum atomic E-state index is 11.9. The van der Waals surface area contributed by atoms with Crippen LogP contribution in [0.4, 0.5) is 0 Å². The normalized spacial score (nSPS) is 18.3. The molecule has 0 aromatic heterocycles. The van der Waals surface area contributed by atoms with E-state index in [1.54, 1.807) is 7.11 Å². The second-order valence-corrected chi connectivity index (χ2v) is 7.07. The number of hydrogen-bond acceptors (Lipinski definition) is 3. The van der Waals surface area contributed by atoms with Gasteiger partial charge in [-0.2, -0.15) is 0 Å². The molecule has 150 valence electrons. The first-order valence-electron chi connectivity index (χ1n) is 10.0. The number of amides is 1. The fourth-order valence-electron chi connectivity index (χ4n) is 3.24. The van der Waals surface area contributed by atoms with Crippen LogP contribution in [0.25, 0.3) is 0 Å². The lowest BCUT2D eigenvalue weighted by molar-refractivity contribution is -0.121. The van der Waals surface area contributed by atoms with Crippen LogP contribution in [0.1, 0.15) is 51.5 Å². The molecule has 0 saturated carbocycles. The predicted molar refractivity (Wildman–Crippen MR) is 110 cm³/mol. The first-order chi connectivity index (χ1) is 13.1. The lowest BCUT2D eigenvalue weighted by Gasteiger charge is -2.22. The SMILES string of the molecule is CCNC(=NCCC(=O)NC(C)CC)N1CCC(c2ccc(OC)cc2)C1. The molecule has 0 radical (unpaired) electrons. The van der Waals surface area contributed by atoms with Gasteiger partial charge in [0.05, 0.1) is 13.7 Å². The number of ether oxygens (including phenoxy) is 1. The molecule has 1 saturated heterocycles. The second kappa shape index (κ2) is 10.8. The molecule has 1 fully saturated rings. The highest BCUT2D eigenvalue weighted by Crippen LogP contribution is 2.28. The van der Waals surface area contributed by atoms with E-state index in [0.717, 1.165) is 44.2 Å². The van der Waals surface area contributed by atoms with Crippen LogP contribution in [-0.2, 0) is 4.79 Å². The summed E-state index contributed by atoms with van der Waals surface area (Å²) in [5, 5.41) is 6.35. The minimum absolute atomic E-state index is 0.0708. The maximum absolute atomic E-state index is 11.9. The van der Waals surface area contributed by atoms with Crippen molar-refractivity contribution < 1.29 is 9.53 Å². The van der Waals surface area contributed by atoms with Gasteiger partial charge in [-0.1, -0.05) is 19.1 Å². The van der Waals surface area contributed by atoms with E-state index >= 15 is 0 Å². The molecule has 1 heterocycles. The highest BCUT2D eigenvalue weighted by atomic mass is 16.5. The monoisotopic (exact) mass is 374 g/mol. The Kier molecular flexibility index (Phi) is 8.43. The van der Waals surface area contributed by atoms with Crippen LogP contribution < -0.4 is 15.4 Å². The summed E-state index contributed by atoms with van der Waals surface area (Å²) in [5.41, 5.74) is 1.34. The van der Waals surface area contributed by atoms with Gasteiger partial charge in [0, 0.05) is 38.0 Å². The third-order valence-electron chi connectivity index (χ3n) is 5.03. The molecule has 1 aliphatic heterocycles. The van der Waals surface area contributed by atoms with Crippen LogP contribution >= 0.6 is 0 Å². The molecule has 1 aliphatic rings. The van der Waals surface area contributed by atoms with Gasteiger partial charge in [0.2, 0.25) is 5.91 Å². The van der Waals surface area contributed by atoms with E-state index in [1.807, 2.05) is 19.1 Å². The molecule has 1 amide bonds. The number of likely N-dealkylation sites (tertiary alicyclic amines) is 1. The van der Waals surface area contributed by atoms with Crippen molar-refractivity contribution in [1.29, 1.82) is 0 Å². The Morgan fingerprint density at radius 2 is 2.07 bits per heavy atom. The molecule has 0 spiro atoms. The number of hydrogen-bond donors (Lipinski definition) is 2. The largest absolute Gasteiger partial charge is 0.497 e. The van der Waals surface area contributed by atoms with Crippen molar-refractivity contribution in [3.63, 3.8) is 0 Å². The number of benzene rings is 1. The Bertz CT molecular complexity index is 615. The number of carbonyl (C=O) groups is 1. The van der Waals surface area contributed by atoms with Crippen LogP contribution in [0.3, 0.4) is 0 Å². The summed E-state index contributed by atoms with van der Waals surface area (Å²) in [7, 11) is 1.69. The molecule has 2 unspecified atom stereocenters. The Hall–Kier alpha value is -2.24. The number of nitrogens with zero attached hydrogens (tertiary/aromatic N) is 2. The number of nitrogens with one attached hydrogen (secondary N) is 2. The number of aliphatic imine (C=N–C) groups is 1. The quantitative estimate of drug-likeness (QED) is 0.542. The fourth-order valence-corrected chi connectivity index (χ4v) is 3.24. The summed E-state index contributed by atoms with van der Waals surface area (Å²) in [6.45, 7) is 9.41. The zero-order valence-corrected chi connectivity index (χ0v) is 17.1. The topological polar surface area (TPSA) is 66.0 Å². The summed E-state index contributed by atoms with van der Waals surface area (Å²) < 4.78 is 5.25.